The highest BCUT2D eigenvalue weighted by molar-refractivity contribution is 8.14. The molecule has 0 unspecified atom stereocenters. The number of nitrogens with one attached hydrogen (secondary N) is 2. The first-order valence-corrected chi connectivity index (χ1v) is 9.84. The van der Waals surface area contributed by atoms with Crippen molar-refractivity contribution in [1.82, 2.24) is 10.2 Å². The lowest BCUT2D eigenvalue weighted by molar-refractivity contribution is -0.124. The lowest BCUT2D eigenvalue weighted by atomic mass is 10.2. The van der Waals surface area contributed by atoms with Gasteiger partial charge in [-0.25, -0.2) is 0 Å². The minimum atomic E-state index is -4.43. The molecule has 142 valence electrons. The van der Waals surface area contributed by atoms with E-state index >= 15 is 0 Å². The highest BCUT2D eigenvalue weighted by Gasteiger charge is 2.29. The normalized spacial score (nSPS) is 14.8. The second-order valence-corrected chi connectivity index (χ2v) is 7.53. The van der Waals surface area contributed by atoms with Crippen molar-refractivity contribution in [2.24, 2.45) is 0 Å². The number of anilines is 1. The average molecular weight is 410 g/mol. The Kier molecular flexibility index (Phi) is 6.56. The van der Waals surface area contributed by atoms with Crippen LogP contribution >= 0.6 is 11.8 Å². The van der Waals surface area contributed by atoms with Crippen molar-refractivity contribution in [3.05, 3.63) is 36.0 Å². The monoisotopic (exact) mass is 410 g/mol. The lowest BCUT2D eigenvalue weighted by Crippen LogP contribution is -2.34. The SMILES string of the molecule is N#C/C(=C/NCCN1C(=O)CSC1=O)C(=O)Nc1cccc(S(=O)(=O)O)c1. The van der Waals surface area contributed by atoms with Crippen molar-refractivity contribution >= 4 is 44.6 Å². The summed E-state index contributed by atoms with van der Waals surface area (Å²) in [6.07, 6.45) is 1.13. The third-order valence-electron chi connectivity index (χ3n) is 3.32. The number of nitrogens with zero attached hydrogens (tertiary/aromatic N) is 2. The Labute approximate surface area is 159 Å². The maximum atomic E-state index is 12.1. The number of amides is 3. The highest BCUT2D eigenvalue weighted by Crippen LogP contribution is 2.18. The topological polar surface area (TPSA) is 157 Å². The van der Waals surface area contributed by atoms with E-state index in [2.05, 4.69) is 10.6 Å². The number of thioether (sulfide) groups is 1. The lowest BCUT2D eigenvalue weighted by Gasteiger charge is -2.12. The van der Waals surface area contributed by atoms with Gasteiger partial charge in [-0.1, -0.05) is 17.8 Å². The van der Waals surface area contributed by atoms with Gasteiger partial charge in [0.05, 0.1) is 10.6 Å². The summed E-state index contributed by atoms with van der Waals surface area (Å²) >= 11 is 0.908. The fourth-order valence-corrected chi connectivity index (χ4v) is 3.31. The van der Waals surface area contributed by atoms with E-state index in [0.717, 1.165) is 35.0 Å². The van der Waals surface area contributed by atoms with Crippen LogP contribution in [-0.2, 0) is 19.7 Å². The van der Waals surface area contributed by atoms with Gasteiger partial charge in [-0.05, 0) is 18.2 Å². The van der Waals surface area contributed by atoms with E-state index in [-0.39, 0.29) is 41.2 Å². The maximum absolute atomic E-state index is 12.1. The van der Waals surface area contributed by atoms with Gasteiger partial charge in [-0.2, -0.15) is 13.7 Å². The number of carbonyl (C=O) groups is 3. The molecule has 1 aromatic rings. The Balaban J connectivity index is 1.95. The van der Waals surface area contributed by atoms with E-state index in [4.69, 9.17) is 9.81 Å². The summed E-state index contributed by atoms with van der Waals surface area (Å²) in [7, 11) is -4.43. The van der Waals surface area contributed by atoms with Crippen LogP contribution in [0.5, 0.6) is 0 Å². The summed E-state index contributed by atoms with van der Waals surface area (Å²) in [6.45, 7) is 0.243. The van der Waals surface area contributed by atoms with Crippen molar-refractivity contribution in [1.29, 1.82) is 5.26 Å². The quantitative estimate of drug-likeness (QED) is 0.253. The third-order valence-corrected chi connectivity index (χ3v) is 5.03. The molecule has 0 bridgehead atoms. The molecule has 12 heteroatoms. The van der Waals surface area contributed by atoms with Gasteiger partial charge in [-0.15, -0.1) is 0 Å². The van der Waals surface area contributed by atoms with Gasteiger partial charge >= 0.3 is 0 Å². The first-order chi connectivity index (χ1) is 12.7. The fraction of sp³-hybridized carbons (Fsp3) is 0.200. The molecule has 0 radical (unpaired) electrons. The van der Waals surface area contributed by atoms with Gasteiger partial charge in [-0.3, -0.25) is 23.8 Å². The van der Waals surface area contributed by atoms with Crippen molar-refractivity contribution in [2.75, 3.05) is 24.2 Å². The second kappa shape index (κ2) is 8.67. The summed E-state index contributed by atoms with van der Waals surface area (Å²) in [5.41, 5.74) is -0.234. The van der Waals surface area contributed by atoms with Crippen LogP contribution in [0.4, 0.5) is 10.5 Å². The van der Waals surface area contributed by atoms with Gasteiger partial charge in [0.2, 0.25) is 5.91 Å². The van der Waals surface area contributed by atoms with E-state index in [1.54, 1.807) is 6.07 Å². The summed E-state index contributed by atoms with van der Waals surface area (Å²) in [5, 5.41) is 13.7. The molecule has 10 nitrogen and oxygen atoms in total. The molecule has 3 N–H and O–H groups in total. The highest BCUT2D eigenvalue weighted by atomic mass is 32.2. The van der Waals surface area contributed by atoms with Gasteiger partial charge in [0.15, 0.2) is 0 Å². The van der Waals surface area contributed by atoms with Crippen LogP contribution in [-0.4, -0.2) is 53.8 Å². The standard InChI is InChI=1S/C15H14N4O6S2/c16-7-10(8-17-4-5-19-13(20)9-26-15(19)22)14(21)18-11-2-1-3-12(6-11)27(23,24)25/h1-3,6,8,17H,4-5,9H2,(H,18,21)(H,23,24,25)/b10-8-. The van der Waals surface area contributed by atoms with Crippen LogP contribution in [0.1, 0.15) is 0 Å². The molecule has 0 aromatic heterocycles. The Hall–Kier alpha value is -2.88. The van der Waals surface area contributed by atoms with E-state index in [1.807, 2.05) is 0 Å². The van der Waals surface area contributed by atoms with Crippen molar-refractivity contribution in [3.63, 3.8) is 0 Å². The molecule has 1 aromatic carbocycles. The minimum Gasteiger partial charge on any atom is -0.388 e. The zero-order valence-electron chi connectivity index (χ0n) is 13.7. The average Bonchev–Trinajstić information content (AvgIpc) is 2.93. The first-order valence-electron chi connectivity index (χ1n) is 7.42. The number of rotatable bonds is 7. The molecule has 0 spiro atoms. The van der Waals surface area contributed by atoms with Gasteiger partial charge < -0.3 is 10.6 Å². The molecule has 27 heavy (non-hydrogen) atoms. The summed E-state index contributed by atoms with van der Waals surface area (Å²) in [6, 6.07) is 6.57. The summed E-state index contributed by atoms with van der Waals surface area (Å²) in [5.74, 6) is -1.00. The molecule has 0 aliphatic carbocycles. The number of nitriles is 1. The molecule has 1 fully saturated rings. The van der Waals surface area contributed by atoms with E-state index < -0.39 is 20.9 Å². The van der Waals surface area contributed by atoms with Crippen LogP contribution < -0.4 is 10.6 Å². The van der Waals surface area contributed by atoms with E-state index in [1.165, 1.54) is 12.1 Å². The van der Waals surface area contributed by atoms with Crippen LogP contribution in [0.25, 0.3) is 0 Å². The van der Waals surface area contributed by atoms with Gasteiger partial charge in [0.25, 0.3) is 21.3 Å². The Morgan fingerprint density at radius 2 is 2.15 bits per heavy atom. The number of hydrogen-bond acceptors (Lipinski definition) is 8. The predicted molar refractivity (Wildman–Crippen MR) is 96.2 cm³/mol. The Bertz CT molecular complexity index is 935. The fourth-order valence-electron chi connectivity index (χ4n) is 2.03. The predicted octanol–water partition coefficient (Wildman–Crippen LogP) is 0.564. The number of hydrogen-bond donors (Lipinski definition) is 3. The number of benzene rings is 1. The smallest absolute Gasteiger partial charge is 0.294 e. The first kappa shape index (κ1) is 20.4. The molecule has 3 amide bonds. The Morgan fingerprint density at radius 1 is 1.41 bits per heavy atom. The Morgan fingerprint density at radius 3 is 2.74 bits per heavy atom. The molecule has 1 saturated heterocycles. The van der Waals surface area contributed by atoms with E-state index in [0.29, 0.717) is 0 Å². The number of carbonyl (C=O) groups excluding carboxylic acids is 3. The van der Waals surface area contributed by atoms with Crippen molar-refractivity contribution < 1.29 is 27.4 Å². The zero-order chi connectivity index (χ0) is 20.0. The molecule has 2 rings (SSSR count). The second-order valence-electron chi connectivity index (χ2n) is 5.18. The molecular weight excluding hydrogens is 396 g/mol. The summed E-state index contributed by atoms with van der Waals surface area (Å²) < 4.78 is 31.2. The molecule has 1 heterocycles. The van der Waals surface area contributed by atoms with Crippen molar-refractivity contribution in [2.45, 2.75) is 4.90 Å². The zero-order valence-corrected chi connectivity index (χ0v) is 15.3. The molecule has 1 aliphatic rings. The van der Waals surface area contributed by atoms with Crippen molar-refractivity contribution in [3.8, 4) is 6.07 Å². The minimum absolute atomic E-state index is 0.0709. The third kappa shape index (κ3) is 5.55. The maximum Gasteiger partial charge on any atom is 0.294 e. The summed E-state index contributed by atoms with van der Waals surface area (Å²) in [4.78, 5) is 35.6. The van der Waals surface area contributed by atoms with Crippen LogP contribution in [0.3, 0.4) is 0 Å². The van der Waals surface area contributed by atoms with Crippen LogP contribution in [0, 0.1) is 11.3 Å². The molecule has 0 atom stereocenters. The van der Waals surface area contributed by atoms with Gasteiger partial charge in [0.1, 0.15) is 11.6 Å². The van der Waals surface area contributed by atoms with Crippen LogP contribution in [0.15, 0.2) is 40.9 Å². The largest absolute Gasteiger partial charge is 0.388 e. The van der Waals surface area contributed by atoms with E-state index in [9.17, 15) is 22.8 Å². The van der Waals surface area contributed by atoms with Crippen LogP contribution in [0.2, 0.25) is 0 Å². The number of imide groups is 1. The molecular formula is C15H14N4O6S2. The van der Waals surface area contributed by atoms with Gasteiger partial charge in [0, 0.05) is 25.0 Å². The molecule has 0 saturated carbocycles. The molecule has 1 aliphatic heterocycles.